The second-order valence-corrected chi connectivity index (χ2v) is 5.40. The fraction of sp³-hybridized carbons (Fsp3) is 0.562. The van der Waals surface area contributed by atoms with E-state index in [2.05, 4.69) is 22.8 Å². The Bertz CT molecular complexity index is 454. The van der Waals surface area contributed by atoms with E-state index < -0.39 is 0 Å². The molecule has 1 aliphatic rings. The zero-order valence-electron chi connectivity index (χ0n) is 12.4. The number of aryl methyl sites for hydroxylation is 1. The van der Waals surface area contributed by atoms with Gasteiger partial charge in [-0.3, -0.25) is 4.79 Å². The van der Waals surface area contributed by atoms with Crippen molar-refractivity contribution >= 4 is 5.91 Å². The van der Waals surface area contributed by atoms with Crippen LogP contribution >= 0.6 is 0 Å². The molecule has 110 valence electrons. The summed E-state index contributed by atoms with van der Waals surface area (Å²) >= 11 is 0. The van der Waals surface area contributed by atoms with Crippen molar-refractivity contribution in [3.8, 4) is 5.75 Å². The van der Waals surface area contributed by atoms with Crippen LogP contribution in [0.15, 0.2) is 18.2 Å². The van der Waals surface area contributed by atoms with Gasteiger partial charge in [0.15, 0.2) is 0 Å². The molecule has 0 bridgehead atoms. The topological polar surface area (TPSA) is 50.4 Å². The van der Waals surface area contributed by atoms with Crippen molar-refractivity contribution < 1.29 is 9.53 Å². The highest BCUT2D eigenvalue weighted by Crippen LogP contribution is 2.19. The summed E-state index contributed by atoms with van der Waals surface area (Å²) < 4.78 is 5.31. The van der Waals surface area contributed by atoms with Gasteiger partial charge in [-0.15, -0.1) is 0 Å². The molecule has 1 aromatic carbocycles. The third-order valence-electron chi connectivity index (χ3n) is 3.80. The molecule has 1 saturated heterocycles. The SMILES string of the molecule is COc1cc(CCNC(=O)CC2CCCN2)ccc1C. The number of nitrogens with one attached hydrogen (secondary N) is 2. The molecule has 1 amide bonds. The van der Waals surface area contributed by atoms with Crippen LogP contribution in [-0.4, -0.2) is 32.1 Å². The van der Waals surface area contributed by atoms with Crippen LogP contribution in [0.5, 0.6) is 5.75 Å². The number of hydrogen-bond acceptors (Lipinski definition) is 3. The first-order chi connectivity index (χ1) is 9.69. The van der Waals surface area contributed by atoms with Gasteiger partial charge in [-0.25, -0.2) is 0 Å². The second-order valence-electron chi connectivity index (χ2n) is 5.40. The number of rotatable bonds is 6. The zero-order valence-corrected chi connectivity index (χ0v) is 12.4. The third kappa shape index (κ3) is 4.23. The van der Waals surface area contributed by atoms with Crippen molar-refractivity contribution in [2.24, 2.45) is 0 Å². The van der Waals surface area contributed by atoms with Gasteiger partial charge in [0, 0.05) is 19.0 Å². The normalized spacial score (nSPS) is 18.0. The minimum atomic E-state index is 0.142. The fourth-order valence-corrected chi connectivity index (χ4v) is 2.59. The quantitative estimate of drug-likeness (QED) is 0.833. The number of amides is 1. The number of ether oxygens (including phenoxy) is 1. The Hall–Kier alpha value is -1.55. The summed E-state index contributed by atoms with van der Waals surface area (Å²) in [7, 11) is 1.68. The number of benzene rings is 1. The van der Waals surface area contributed by atoms with Crippen LogP contribution < -0.4 is 15.4 Å². The maximum Gasteiger partial charge on any atom is 0.221 e. The highest BCUT2D eigenvalue weighted by atomic mass is 16.5. The Labute approximate surface area is 120 Å². The minimum Gasteiger partial charge on any atom is -0.496 e. The van der Waals surface area contributed by atoms with Crippen molar-refractivity contribution in [1.82, 2.24) is 10.6 Å². The summed E-state index contributed by atoms with van der Waals surface area (Å²) in [5.74, 6) is 1.05. The van der Waals surface area contributed by atoms with Gasteiger partial charge in [-0.2, -0.15) is 0 Å². The predicted molar refractivity (Wildman–Crippen MR) is 80.1 cm³/mol. The Morgan fingerprint density at radius 1 is 1.50 bits per heavy atom. The lowest BCUT2D eigenvalue weighted by Crippen LogP contribution is -2.32. The van der Waals surface area contributed by atoms with Gasteiger partial charge < -0.3 is 15.4 Å². The number of methoxy groups -OCH3 is 1. The van der Waals surface area contributed by atoms with Gasteiger partial charge in [0.1, 0.15) is 5.75 Å². The standard InChI is InChI=1S/C16H24N2O2/c1-12-5-6-13(10-15(12)20-2)7-9-18-16(19)11-14-4-3-8-17-14/h5-6,10,14,17H,3-4,7-9,11H2,1-2H3,(H,18,19). The number of carbonyl (C=O) groups excluding carboxylic acids is 1. The lowest BCUT2D eigenvalue weighted by Gasteiger charge is -2.11. The molecule has 1 atom stereocenters. The summed E-state index contributed by atoms with van der Waals surface area (Å²) in [6, 6.07) is 6.55. The summed E-state index contributed by atoms with van der Waals surface area (Å²) in [6.45, 7) is 3.75. The van der Waals surface area contributed by atoms with E-state index in [-0.39, 0.29) is 5.91 Å². The molecule has 1 heterocycles. The van der Waals surface area contributed by atoms with E-state index in [9.17, 15) is 4.79 Å². The molecular formula is C16H24N2O2. The lowest BCUT2D eigenvalue weighted by atomic mass is 10.1. The fourth-order valence-electron chi connectivity index (χ4n) is 2.59. The first-order valence-electron chi connectivity index (χ1n) is 7.32. The molecule has 0 radical (unpaired) electrons. The first kappa shape index (κ1) is 14.9. The van der Waals surface area contributed by atoms with Crippen molar-refractivity contribution in [1.29, 1.82) is 0 Å². The first-order valence-corrected chi connectivity index (χ1v) is 7.32. The molecule has 0 aromatic heterocycles. The summed E-state index contributed by atoms with van der Waals surface area (Å²) in [4.78, 5) is 11.8. The molecule has 20 heavy (non-hydrogen) atoms. The van der Waals surface area contributed by atoms with Gasteiger partial charge in [-0.05, 0) is 49.9 Å². The molecule has 0 saturated carbocycles. The molecule has 0 aliphatic carbocycles. The van der Waals surface area contributed by atoms with Gasteiger partial charge >= 0.3 is 0 Å². The molecule has 4 heteroatoms. The van der Waals surface area contributed by atoms with Crippen molar-refractivity contribution in [3.05, 3.63) is 29.3 Å². The van der Waals surface area contributed by atoms with Crippen LogP contribution in [0.2, 0.25) is 0 Å². The predicted octanol–water partition coefficient (Wildman–Crippen LogP) is 1.80. The van der Waals surface area contributed by atoms with Crippen molar-refractivity contribution in [3.63, 3.8) is 0 Å². The van der Waals surface area contributed by atoms with E-state index in [0.29, 0.717) is 19.0 Å². The summed E-state index contributed by atoms with van der Waals surface area (Å²) in [6.07, 6.45) is 3.72. The van der Waals surface area contributed by atoms with Crippen molar-refractivity contribution in [2.75, 3.05) is 20.2 Å². The van der Waals surface area contributed by atoms with E-state index in [0.717, 1.165) is 30.7 Å². The van der Waals surface area contributed by atoms with E-state index >= 15 is 0 Å². The van der Waals surface area contributed by atoms with Crippen molar-refractivity contribution in [2.45, 2.75) is 38.6 Å². The molecule has 0 spiro atoms. The Morgan fingerprint density at radius 3 is 3.05 bits per heavy atom. The van der Waals surface area contributed by atoms with Crippen LogP contribution in [-0.2, 0) is 11.2 Å². The maximum absolute atomic E-state index is 11.8. The third-order valence-corrected chi connectivity index (χ3v) is 3.80. The van der Waals surface area contributed by atoms with Crippen LogP contribution in [0.25, 0.3) is 0 Å². The Kier molecular flexibility index (Phi) is 5.41. The van der Waals surface area contributed by atoms with E-state index in [1.807, 2.05) is 13.0 Å². The van der Waals surface area contributed by atoms with E-state index in [4.69, 9.17) is 4.74 Å². The summed E-state index contributed by atoms with van der Waals surface area (Å²) in [5.41, 5.74) is 2.32. The monoisotopic (exact) mass is 276 g/mol. The highest BCUT2D eigenvalue weighted by molar-refractivity contribution is 5.76. The van der Waals surface area contributed by atoms with Gasteiger partial charge in [0.25, 0.3) is 0 Å². The van der Waals surface area contributed by atoms with Gasteiger partial charge in [-0.1, -0.05) is 12.1 Å². The average molecular weight is 276 g/mol. The van der Waals surface area contributed by atoms with E-state index in [1.165, 1.54) is 12.0 Å². The summed E-state index contributed by atoms with van der Waals surface area (Å²) in [5, 5.41) is 6.33. The molecule has 1 unspecified atom stereocenters. The average Bonchev–Trinajstić information content (AvgIpc) is 2.93. The van der Waals surface area contributed by atoms with Crippen LogP contribution in [0.4, 0.5) is 0 Å². The molecule has 2 rings (SSSR count). The Morgan fingerprint density at radius 2 is 2.35 bits per heavy atom. The molecule has 2 N–H and O–H groups in total. The van der Waals surface area contributed by atoms with Crippen LogP contribution in [0, 0.1) is 6.92 Å². The number of hydrogen-bond donors (Lipinski definition) is 2. The van der Waals surface area contributed by atoms with Crippen LogP contribution in [0.1, 0.15) is 30.4 Å². The minimum absolute atomic E-state index is 0.142. The molecular weight excluding hydrogens is 252 g/mol. The van der Waals surface area contributed by atoms with Gasteiger partial charge in [0.2, 0.25) is 5.91 Å². The van der Waals surface area contributed by atoms with Crippen LogP contribution in [0.3, 0.4) is 0 Å². The smallest absolute Gasteiger partial charge is 0.221 e. The molecule has 4 nitrogen and oxygen atoms in total. The zero-order chi connectivity index (χ0) is 14.4. The number of carbonyl (C=O) groups is 1. The largest absolute Gasteiger partial charge is 0.496 e. The lowest BCUT2D eigenvalue weighted by molar-refractivity contribution is -0.121. The van der Waals surface area contributed by atoms with E-state index in [1.54, 1.807) is 7.11 Å². The highest BCUT2D eigenvalue weighted by Gasteiger charge is 2.17. The molecule has 1 aromatic rings. The van der Waals surface area contributed by atoms with Gasteiger partial charge in [0.05, 0.1) is 7.11 Å². The second kappa shape index (κ2) is 7.29. The maximum atomic E-state index is 11.8. The Balaban J connectivity index is 1.73. The molecule has 1 fully saturated rings. The molecule has 1 aliphatic heterocycles.